The van der Waals surface area contributed by atoms with Crippen molar-refractivity contribution in [3.63, 3.8) is 0 Å². The molecule has 0 radical (unpaired) electrons. The fourth-order valence-corrected chi connectivity index (χ4v) is 1.95. The standard InChI is InChI=1S/C15H24O/c1-5-6-12(2)13-7-9-14(10-8-13)15(3,4)11-16/h7-10,12,16H,5-6,11H2,1-4H3. The van der Waals surface area contributed by atoms with E-state index in [1.807, 2.05) is 0 Å². The number of benzene rings is 1. The fourth-order valence-electron chi connectivity index (χ4n) is 1.95. The maximum absolute atomic E-state index is 9.31. The second kappa shape index (κ2) is 5.49. The van der Waals surface area contributed by atoms with E-state index in [9.17, 15) is 5.11 Å². The molecule has 0 fully saturated rings. The second-order valence-corrected chi connectivity index (χ2v) is 5.35. The fraction of sp³-hybridized carbons (Fsp3) is 0.600. The van der Waals surface area contributed by atoms with Crippen molar-refractivity contribution in [2.75, 3.05) is 6.61 Å². The molecule has 0 saturated heterocycles. The zero-order valence-electron chi connectivity index (χ0n) is 11.0. The van der Waals surface area contributed by atoms with Crippen LogP contribution in [0.3, 0.4) is 0 Å². The van der Waals surface area contributed by atoms with Gasteiger partial charge in [0.2, 0.25) is 0 Å². The van der Waals surface area contributed by atoms with Crippen molar-refractivity contribution in [3.05, 3.63) is 35.4 Å². The van der Waals surface area contributed by atoms with Gasteiger partial charge in [0.1, 0.15) is 0 Å². The van der Waals surface area contributed by atoms with Crippen LogP contribution in [0.1, 0.15) is 57.6 Å². The summed E-state index contributed by atoms with van der Waals surface area (Å²) >= 11 is 0. The molecule has 0 bridgehead atoms. The van der Waals surface area contributed by atoms with Gasteiger partial charge in [0.25, 0.3) is 0 Å². The Labute approximate surface area is 99.5 Å². The van der Waals surface area contributed by atoms with Gasteiger partial charge in [0.15, 0.2) is 0 Å². The lowest BCUT2D eigenvalue weighted by molar-refractivity contribution is 0.218. The van der Waals surface area contributed by atoms with Crippen molar-refractivity contribution in [1.82, 2.24) is 0 Å². The minimum absolute atomic E-state index is 0.132. The van der Waals surface area contributed by atoms with Gasteiger partial charge in [-0.25, -0.2) is 0 Å². The first-order valence-corrected chi connectivity index (χ1v) is 6.22. The summed E-state index contributed by atoms with van der Waals surface area (Å²) in [4.78, 5) is 0. The molecular formula is C15H24O. The third-order valence-corrected chi connectivity index (χ3v) is 3.38. The Morgan fingerprint density at radius 3 is 2.19 bits per heavy atom. The molecule has 1 unspecified atom stereocenters. The van der Waals surface area contributed by atoms with Gasteiger partial charge in [0, 0.05) is 5.41 Å². The predicted octanol–water partition coefficient (Wildman–Crippen LogP) is 3.86. The van der Waals surface area contributed by atoms with Crippen LogP contribution in [0.2, 0.25) is 0 Å². The van der Waals surface area contributed by atoms with Gasteiger partial charge in [-0.15, -0.1) is 0 Å². The number of hydrogen-bond acceptors (Lipinski definition) is 1. The highest BCUT2D eigenvalue weighted by Gasteiger charge is 2.19. The molecule has 1 N–H and O–H groups in total. The first kappa shape index (κ1) is 13.2. The molecule has 1 aromatic carbocycles. The summed E-state index contributed by atoms with van der Waals surface area (Å²) in [5, 5.41) is 9.31. The van der Waals surface area contributed by atoms with E-state index in [0.717, 1.165) is 0 Å². The van der Waals surface area contributed by atoms with E-state index in [0.29, 0.717) is 5.92 Å². The summed E-state index contributed by atoms with van der Waals surface area (Å²) < 4.78 is 0. The molecule has 1 atom stereocenters. The summed E-state index contributed by atoms with van der Waals surface area (Å²) in [6.45, 7) is 8.82. The van der Waals surface area contributed by atoms with Crippen LogP contribution in [0.25, 0.3) is 0 Å². The average molecular weight is 220 g/mol. The van der Waals surface area contributed by atoms with Gasteiger partial charge >= 0.3 is 0 Å². The van der Waals surface area contributed by atoms with E-state index in [4.69, 9.17) is 0 Å². The van der Waals surface area contributed by atoms with E-state index in [2.05, 4.69) is 52.0 Å². The van der Waals surface area contributed by atoms with Crippen molar-refractivity contribution >= 4 is 0 Å². The normalized spacial score (nSPS) is 13.8. The average Bonchev–Trinajstić information content (AvgIpc) is 2.29. The van der Waals surface area contributed by atoms with Crippen molar-refractivity contribution in [1.29, 1.82) is 0 Å². The van der Waals surface area contributed by atoms with Crippen molar-refractivity contribution < 1.29 is 5.11 Å². The lowest BCUT2D eigenvalue weighted by Gasteiger charge is -2.23. The van der Waals surface area contributed by atoms with Crippen LogP contribution in [-0.2, 0) is 5.41 Å². The number of aliphatic hydroxyl groups excluding tert-OH is 1. The Balaban J connectivity index is 2.83. The molecule has 1 rings (SSSR count). The summed E-state index contributed by atoms with van der Waals surface area (Å²) in [5.74, 6) is 0.635. The van der Waals surface area contributed by atoms with Gasteiger partial charge in [-0.2, -0.15) is 0 Å². The van der Waals surface area contributed by atoms with Gasteiger partial charge in [-0.05, 0) is 23.5 Å². The molecule has 0 heterocycles. The van der Waals surface area contributed by atoms with E-state index < -0.39 is 0 Å². The first-order chi connectivity index (χ1) is 7.51. The van der Waals surface area contributed by atoms with Crippen LogP contribution in [0, 0.1) is 0 Å². The monoisotopic (exact) mass is 220 g/mol. The van der Waals surface area contributed by atoms with Crippen LogP contribution in [0.5, 0.6) is 0 Å². The molecule has 0 amide bonds. The maximum atomic E-state index is 9.31. The molecule has 16 heavy (non-hydrogen) atoms. The molecule has 0 aromatic heterocycles. The number of hydrogen-bond donors (Lipinski definition) is 1. The molecule has 0 aliphatic carbocycles. The van der Waals surface area contributed by atoms with Crippen LogP contribution in [-0.4, -0.2) is 11.7 Å². The summed E-state index contributed by atoms with van der Waals surface area (Å²) in [6.07, 6.45) is 2.47. The van der Waals surface area contributed by atoms with Crippen molar-refractivity contribution in [2.45, 2.75) is 51.9 Å². The maximum Gasteiger partial charge on any atom is 0.0522 e. The SMILES string of the molecule is CCCC(C)c1ccc(C(C)(C)CO)cc1. The minimum atomic E-state index is -0.132. The van der Waals surface area contributed by atoms with Crippen molar-refractivity contribution in [2.24, 2.45) is 0 Å². The zero-order valence-corrected chi connectivity index (χ0v) is 11.0. The summed E-state index contributed by atoms with van der Waals surface area (Å²) in [7, 11) is 0. The topological polar surface area (TPSA) is 20.2 Å². The van der Waals surface area contributed by atoms with Gasteiger partial charge in [-0.1, -0.05) is 58.4 Å². The lowest BCUT2D eigenvalue weighted by Crippen LogP contribution is -2.21. The summed E-state index contributed by atoms with van der Waals surface area (Å²) in [5.41, 5.74) is 2.48. The Bertz CT molecular complexity index is 311. The smallest absolute Gasteiger partial charge is 0.0522 e. The Morgan fingerprint density at radius 1 is 1.19 bits per heavy atom. The van der Waals surface area contributed by atoms with Crippen LogP contribution >= 0.6 is 0 Å². The third kappa shape index (κ3) is 3.08. The third-order valence-electron chi connectivity index (χ3n) is 3.38. The second-order valence-electron chi connectivity index (χ2n) is 5.35. The zero-order chi connectivity index (χ0) is 12.2. The van der Waals surface area contributed by atoms with E-state index >= 15 is 0 Å². The molecule has 1 aromatic rings. The van der Waals surface area contributed by atoms with Crippen LogP contribution in [0.4, 0.5) is 0 Å². The predicted molar refractivity (Wildman–Crippen MR) is 69.9 cm³/mol. The van der Waals surface area contributed by atoms with E-state index in [-0.39, 0.29) is 12.0 Å². The quantitative estimate of drug-likeness (QED) is 0.799. The highest BCUT2D eigenvalue weighted by molar-refractivity contribution is 5.29. The number of rotatable bonds is 5. The van der Waals surface area contributed by atoms with E-state index in [1.54, 1.807) is 0 Å². The molecule has 90 valence electrons. The molecule has 0 saturated carbocycles. The van der Waals surface area contributed by atoms with Gasteiger partial charge < -0.3 is 5.11 Å². The highest BCUT2D eigenvalue weighted by Crippen LogP contribution is 2.26. The first-order valence-electron chi connectivity index (χ1n) is 6.22. The molecule has 1 heteroatoms. The van der Waals surface area contributed by atoms with Crippen molar-refractivity contribution in [3.8, 4) is 0 Å². The lowest BCUT2D eigenvalue weighted by atomic mass is 9.84. The van der Waals surface area contributed by atoms with Gasteiger partial charge in [0.05, 0.1) is 6.61 Å². The molecule has 1 nitrogen and oxygen atoms in total. The molecule has 0 aliphatic heterocycles. The van der Waals surface area contributed by atoms with Gasteiger partial charge in [-0.3, -0.25) is 0 Å². The largest absolute Gasteiger partial charge is 0.395 e. The Kier molecular flexibility index (Phi) is 4.55. The molecule has 0 aliphatic rings. The Morgan fingerprint density at radius 2 is 1.75 bits per heavy atom. The van der Waals surface area contributed by atoms with Crippen LogP contribution in [0.15, 0.2) is 24.3 Å². The summed E-state index contributed by atoms with van der Waals surface area (Å²) in [6, 6.07) is 8.70. The minimum Gasteiger partial charge on any atom is -0.395 e. The Hall–Kier alpha value is -0.820. The molecule has 0 spiro atoms. The van der Waals surface area contributed by atoms with Crippen LogP contribution < -0.4 is 0 Å². The molecular weight excluding hydrogens is 196 g/mol. The van der Waals surface area contributed by atoms with E-state index in [1.165, 1.54) is 24.0 Å². The number of aliphatic hydroxyl groups is 1. The highest BCUT2D eigenvalue weighted by atomic mass is 16.3.